The maximum absolute atomic E-state index is 12.4. The van der Waals surface area contributed by atoms with Crippen LogP contribution in [0.1, 0.15) is 26.3 Å². The number of rotatable bonds is 6. The van der Waals surface area contributed by atoms with Gasteiger partial charge in [-0.15, -0.1) is 0 Å². The topological polar surface area (TPSA) is 121 Å². The lowest BCUT2D eigenvalue weighted by Crippen LogP contribution is -2.21. The van der Waals surface area contributed by atoms with E-state index in [9.17, 15) is 19.2 Å². The minimum atomic E-state index is -0.681. The quantitative estimate of drug-likeness (QED) is 0.330. The summed E-state index contributed by atoms with van der Waals surface area (Å²) in [6, 6.07) is 19.7. The van der Waals surface area contributed by atoms with Crippen LogP contribution < -0.4 is 11.0 Å². The first-order valence-electron chi connectivity index (χ1n) is 9.38. The number of hydrogen-bond acceptors (Lipinski definition) is 5. The summed E-state index contributed by atoms with van der Waals surface area (Å²) in [7, 11) is 0. The van der Waals surface area contributed by atoms with Crippen molar-refractivity contribution in [3.05, 3.63) is 100.0 Å². The predicted octanol–water partition coefficient (Wildman–Crippen LogP) is 2.88. The van der Waals surface area contributed by atoms with E-state index in [0.717, 1.165) is 0 Å². The van der Waals surface area contributed by atoms with Gasteiger partial charge in [-0.05, 0) is 30.3 Å². The number of imidazole rings is 1. The number of amides is 1. The number of hydrogen-bond donors (Lipinski definition) is 3. The summed E-state index contributed by atoms with van der Waals surface area (Å²) >= 11 is 0. The highest BCUT2D eigenvalue weighted by Gasteiger charge is 2.13. The zero-order valence-electron chi connectivity index (χ0n) is 16.2. The number of aromatic nitrogens is 2. The summed E-state index contributed by atoms with van der Waals surface area (Å²) < 4.78 is 5.04. The van der Waals surface area contributed by atoms with E-state index in [1.807, 2.05) is 6.07 Å². The molecule has 1 aromatic heterocycles. The van der Waals surface area contributed by atoms with Gasteiger partial charge in [-0.2, -0.15) is 0 Å². The van der Waals surface area contributed by atoms with Crippen LogP contribution in [0.25, 0.3) is 11.0 Å². The minimum absolute atomic E-state index is 0.152. The number of nitrogens with one attached hydrogen (secondary N) is 3. The molecule has 3 N–H and O–H groups in total. The fourth-order valence-electron chi connectivity index (χ4n) is 3.04. The van der Waals surface area contributed by atoms with Crippen LogP contribution in [0.3, 0.4) is 0 Å². The third-order valence-corrected chi connectivity index (χ3v) is 4.55. The van der Waals surface area contributed by atoms with Crippen molar-refractivity contribution in [2.24, 2.45) is 0 Å². The molecule has 1 heterocycles. The third kappa shape index (κ3) is 4.59. The van der Waals surface area contributed by atoms with Gasteiger partial charge < -0.3 is 20.0 Å². The summed E-state index contributed by atoms with van der Waals surface area (Å²) in [6.45, 7) is -0.481. The maximum atomic E-state index is 12.4. The van der Waals surface area contributed by atoms with Gasteiger partial charge in [-0.3, -0.25) is 9.59 Å². The molecule has 0 saturated carbocycles. The summed E-state index contributed by atoms with van der Waals surface area (Å²) in [5.41, 5.74) is 2.49. The normalized spacial score (nSPS) is 10.6. The van der Waals surface area contributed by atoms with Gasteiger partial charge in [0, 0.05) is 16.8 Å². The van der Waals surface area contributed by atoms with Gasteiger partial charge in [0.2, 0.25) is 0 Å². The Hall–Kier alpha value is -4.46. The van der Waals surface area contributed by atoms with Crippen LogP contribution in [0.2, 0.25) is 0 Å². The van der Waals surface area contributed by atoms with Crippen molar-refractivity contribution in [1.82, 2.24) is 9.97 Å². The Kier molecular flexibility index (Phi) is 5.44. The number of carbonyl (C=O) groups is 3. The van der Waals surface area contributed by atoms with Crippen molar-refractivity contribution >= 4 is 34.4 Å². The molecule has 8 heteroatoms. The van der Waals surface area contributed by atoms with Crippen LogP contribution >= 0.6 is 0 Å². The summed E-state index contributed by atoms with van der Waals surface area (Å²) in [4.78, 5) is 53.2. The largest absolute Gasteiger partial charge is 0.452 e. The molecule has 0 atom stereocenters. The summed E-state index contributed by atoms with van der Waals surface area (Å²) in [5, 5.41) is 2.60. The minimum Gasteiger partial charge on any atom is -0.452 e. The molecule has 8 nitrogen and oxygen atoms in total. The molecule has 0 bridgehead atoms. The molecular weight excluding hydrogens is 398 g/mol. The average molecular weight is 415 g/mol. The van der Waals surface area contributed by atoms with Crippen molar-refractivity contribution in [3.63, 3.8) is 0 Å². The average Bonchev–Trinajstić information content (AvgIpc) is 3.17. The molecule has 0 unspecified atom stereocenters. The molecule has 0 aliphatic heterocycles. The van der Waals surface area contributed by atoms with Crippen LogP contribution in [0.15, 0.2) is 77.6 Å². The molecule has 31 heavy (non-hydrogen) atoms. The molecule has 154 valence electrons. The van der Waals surface area contributed by atoms with Gasteiger partial charge in [-0.1, -0.05) is 42.5 Å². The van der Waals surface area contributed by atoms with Crippen molar-refractivity contribution in [2.75, 3.05) is 11.9 Å². The smallest absolute Gasteiger partial charge is 0.338 e. The van der Waals surface area contributed by atoms with Crippen molar-refractivity contribution in [1.29, 1.82) is 0 Å². The lowest BCUT2D eigenvalue weighted by atomic mass is 10.0. The van der Waals surface area contributed by atoms with Gasteiger partial charge >= 0.3 is 11.7 Å². The second-order valence-electron chi connectivity index (χ2n) is 6.74. The zero-order valence-corrected chi connectivity index (χ0v) is 16.2. The lowest BCUT2D eigenvalue weighted by molar-refractivity contribution is -0.119. The first kappa shape index (κ1) is 19.8. The molecule has 0 aliphatic rings. The fourth-order valence-corrected chi connectivity index (χ4v) is 3.04. The van der Waals surface area contributed by atoms with Gasteiger partial charge in [0.25, 0.3) is 5.91 Å². The Morgan fingerprint density at radius 1 is 0.774 bits per heavy atom. The van der Waals surface area contributed by atoms with E-state index in [0.29, 0.717) is 27.8 Å². The molecule has 0 spiro atoms. The number of fused-ring (bicyclic) bond motifs is 1. The van der Waals surface area contributed by atoms with E-state index in [1.54, 1.807) is 54.6 Å². The van der Waals surface area contributed by atoms with Gasteiger partial charge in [0.1, 0.15) is 0 Å². The van der Waals surface area contributed by atoms with Crippen LogP contribution in [-0.2, 0) is 9.53 Å². The molecule has 0 saturated heterocycles. The molecule has 0 radical (unpaired) electrons. The second-order valence-corrected chi connectivity index (χ2v) is 6.74. The highest BCUT2D eigenvalue weighted by Crippen LogP contribution is 2.15. The zero-order chi connectivity index (χ0) is 21.8. The molecule has 1 amide bonds. The van der Waals surface area contributed by atoms with Crippen LogP contribution in [0.5, 0.6) is 0 Å². The summed E-state index contributed by atoms with van der Waals surface area (Å²) in [6.07, 6.45) is 0. The number of carbonyl (C=O) groups excluding carboxylic acids is 3. The number of H-pyrrole nitrogens is 2. The Morgan fingerprint density at radius 3 is 2.16 bits per heavy atom. The predicted molar refractivity (Wildman–Crippen MR) is 114 cm³/mol. The SMILES string of the molecule is O=C(COC(=O)c1ccc(C(=O)c2ccccc2)cc1)Nc1ccc2[nH]c(=O)[nH]c2c1. The number of ether oxygens (including phenoxy) is 1. The van der Waals surface area contributed by atoms with Gasteiger partial charge in [0.15, 0.2) is 12.4 Å². The van der Waals surface area contributed by atoms with E-state index in [-0.39, 0.29) is 17.0 Å². The lowest BCUT2D eigenvalue weighted by Gasteiger charge is -2.07. The van der Waals surface area contributed by atoms with Crippen LogP contribution in [-0.4, -0.2) is 34.2 Å². The molecule has 3 aromatic carbocycles. The number of anilines is 1. The second kappa shape index (κ2) is 8.50. The van der Waals surface area contributed by atoms with Gasteiger partial charge in [0.05, 0.1) is 16.6 Å². The highest BCUT2D eigenvalue weighted by molar-refractivity contribution is 6.09. The Bertz CT molecular complexity index is 1320. The van der Waals surface area contributed by atoms with E-state index >= 15 is 0 Å². The number of benzene rings is 3. The van der Waals surface area contributed by atoms with E-state index in [1.165, 1.54) is 12.1 Å². The molecule has 4 aromatic rings. The van der Waals surface area contributed by atoms with E-state index < -0.39 is 18.5 Å². The van der Waals surface area contributed by atoms with Crippen molar-refractivity contribution in [3.8, 4) is 0 Å². The number of ketones is 1. The standard InChI is InChI=1S/C23H17N3O5/c27-20(24-17-10-11-18-19(12-17)26-23(30)25-18)13-31-22(29)16-8-6-15(7-9-16)21(28)14-4-2-1-3-5-14/h1-12H,13H2,(H,24,27)(H2,25,26,30). The number of esters is 1. The number of aromatic amines is 2. The molecule has 0 aliphatic carbocycles. The van der Waals surface area contributed by atoms with E-state index in [2.05, 4.69) is 15.3 Å². The van der Waals surface area contributed by atoms with Gasteiger partial charge in [-0.25, -0.2) is 9.59 Å². The van der Waals surface area contributed by atoms with E-state index in [4.69, 9.17) is 4.74 Å². The molecule has 0 fully saturated rings. The maximum Gasteiger partial charge on any atom is 0.338 e. The third-order valence-electron chi connectivity index (χ3n) is 4.55. The highest BCUT2D eigenvalue weighted by atomic mass is 16.5. The van der Waals surface area contributed by atoms with Crippen molar-refractivity contribution < 1.29 is 19.1 Å². The first-order chi connectivity index (χ1) is 15.0. The monoisotopic (exact) mass is 415 g/mol. The Labute approximate surface area is 175 Å². The first-order valence-corrected chi connectivity index (χ1v) is 9.38. The van der Waals surface area contributed by atoms with Crippen LogP contribution in [0.4, 0.5) is 5.69 Å². The van der Waals surface area contributed by atoms with Crippen LogP contribution in [0, 0.1) is 0 Å². The summed E-state index contributed by atoms with van der Waals surface area (Å²) in [5.74, 6) is -1.36. The van der Waals surface area contributed by atoms with Crippen molar-refractivity contribution in [2.45, 2.75) is 0 Å². The fraction of sp³-hybridized carbons (Fsp3) is 0.0435. The Morgan fingerprint density at radius 2 is 1.42 bits per heavy atom. The Balaban J connectivity index is 1.34. The molecular formula is C23H17N3O5. The molecule has 4 rings (SSSR count).